The fraction of sp³-hybridized carbons (Fsp3) is 0.957. The molecule has 9 nitrogen and oxygen atoms in total. The summed E-state index contributed by atoms with van der Waals surface area (Å²) < 4.78 is 28.6. The van der Waals surface area contributed by atoms with E-state index in [1.54, 1.807) is 0 Å². The molecule has 328 valence electrons. The van der Waals surface area contributed by atoms with Gasteiger partial charge in [0.2, 0.25) is 0 Å². The summed E-state index contributed by atoms with van der Waals surface area (Å²) in [6.45, 7) is 13.3. The van der Waals surface area contributed by atoms with E-state index in [1.165, 1.54) is 96.3 Å². The second kappa shape index (κ2) is 45.4. The summed E-state index contributed by atoms with van der Waals surface area (Å²) in [5, 5.41) is 9.07. The number of aliphatic hydroxyl groups excluding tert-OH is 1. The van der Waals surface area contributed by atoms with Gasteiger partial charge in [-0.1, -0.05) is 149 Å². The Bertz CT molecular complexity index is 767. The first-order chi connectivity index (χ1) is 27.1. The molecule has 1 N–H and O–H groups in total. The first-order valence-electron chi connectivity index (χ1n) is 23.5. The van der Waals surface area contributed by atoms with Crippen LogP contribution in [-0.4, -0.2) is 101 Å². The minimum Gasteiger partial charge on any atom is -0.466 e. The zero-order valence-electron chi connectivity index (χ0n) is 36.6. The molecule has 0 saturated heterocycles. The molecule has 0 aliphatic rings. The number of hydrogen-bond acceptors (Lipinski definition) is 9. The number of aliphatic hydroxyl groups is 1. The molecule has 0 saturated carbocycles. The Morgan fingerprint density at radius 3 is 1.36 bits per heavy atom. The molecular formula is C46H91NO8. The van der Waals surface area contributed by atoms with Gasteiger partial charge >= 0.3 is 11.9 Å². The van der Waals surface area contributed by atoms with Gasteiger partial charge < -0.3 is 33.7 Å². The smallest absolute Gasteiger partial charge is 0.306 e. The van der Waals surface area contributed by atoms with Crippen molar-refractivity contribution in [3.8, 4) is 0 Å². The van der Waals surface area contributed by atoms with Crippen LogP contribution in [0.1, 0.15) is 207 Å². The van der Waals surface area contributed by atoms with Crippen molar-refractivity contribution in [3.63, 3.8) is 0 Å². The van der Waals surface area contributed by atoms with Gasteiger partial charge in [0.25, 0.3) is 0 Å². The highest BCUT2D eigenvalue weighted by molar-refractivity contribution is 5.69. The lowest BCUT2D eigenvalue weighted by molar-refractivity contribution is -0.156. The van der Waals surface area contributed by atoms with Crippen LogP contribution in [0.5, 0.6) is 0 Å². The minimum atomic E-state index is -0.339. The molecule has 0 atom stereocenters. The van der Waals surface area contributed by atoms with Crippen LogP contribution < -0.4 is 0 Å². The van der Waals surface area contributed by atoms with E-state index < -0.39 is 0 Å². The van der Waals surface area contributed by atoms with Gasteiger partial charge in [-0.05, 0) is 58.0 Å². The molecule has 0 aliphatic heterocycles. The minimum absolute atomic E-state index is 0.0450. The van der Waals surface area contributed by atoms with Crippen molar-refractivity contribution in [3.05, 3.63) is 0 Å². The number of ether oxygens (including phenoxy) is 5. The van der Waals surface area contributed by atoms with E-state index >= 15 is 0 Å². The summed E-state index contributed by atoms with van der Waals surface area (Å²) in [5.74, 6) is -0.207. The summed E-state index contributed by atoms with van der Waals surface area (Å²) in [6, 6.07) is 0. The number of esters is 2. The van der Waals surface area contributed by atoms with Gasteiger partial charge in [-0.2, -0.15) is 0 Å². The molecule has 0 unspecified atom stereocenters. The average Bonchev–Trinajstić information content (AvgIpc) is 3.18. The maximum Gasteiger partial charge on any atom is 0.306 e. The maximum absolute atomic E-state index is 12.7. The second-order valence-corrected chi connectivity index (χ2v) is 15.6. The molecule has 0 bridgehead atoms. The van der Waals surface area contributed by atoms with Crippen LogP contribution in [-0.2, 0) is 33.3 Å². The highest BCUT2D eigenvalue weighted by Crippen LogP contribution is 2.12. The van der Waals surface area contributed by atoms with Crippen LogP contribution in [0.2, 0.25) is 0 Å². The quantitative estimate of drug-likeness (QED) is 0.0477. The van der Waals surface area contributed by atoms with E-state index in [2.05, 4.69) is 25.7 Å². The lowest BCUT2D eigenvalue weighted by atomic mass is 10.1. The summed E-state index contributed by atoms with van der Waals surface area (Å²) in [6.07, 6.45) is 32.0. The summed E-state index contributed by atoms with van der Waals surface area (Å²) in [7, 11) is 0. The first kappa shape index (κ1) is 53.7. The summed E-state index contributed by atoms with van der Waals surface area (Å²) >= 11 is 0. The second-order valence-electron chi connectivity index (χ2n) is 15.6. The Morgan fingerprint density at radius 1 is 0.436 bits per heavy atom. The molecule has 0 aromatic carbocycles. The SMILES string of the molecule is CCCCCCCCCCCOC(=O)CCCCCN(CCCCCCCC(=O)OC(COCCCCCCC)COCCCCCCC)CCOCCO. The normalized spacial score (nSPS) is 11.6. The van der Waals surface area contributed by atoms with Crippen molar-refractivity contribution in [2.45, 2.75) is 213 Å². The zero-order chi connectivity index (χ0) is 40.1. The summed E-state index contributed by atoms with van der Waals surface area (Å²) in [5.41, 5.74) is 0. The fourth-order valence-corrected chi connectivity index (χ4v) is 6.69. The number of hydrogen-bond donors (Lipinski definition) is 1. The van der Waals surface area contributed by atoms with Crippen molar-refractivity contribution < 1.29 is 38.4 Å². The third kappa shape index (κ3) is 42.2. The summed E-state index contributed by atoms with van der Waals surface area (Å²) in [4.78, 5) is 27.3. The number of rotatable bonds is 46. The molecule has 0 spiro atoms. The third-order valence-electron chi connectivity index (χ3n) is 10.2. The largest absolute Gasteiger partial charge is 0.466 e. The average molecular weight is 786 g/mol. The first-order valence-corrected chi connectivity index (χ1v) is 23.5. The lowest BCUT2D eigenvalue weighted by Gasteiger charge is -2.22. The molecule has 0 fully saturated rings. The maximum atomic E-state index is 12.7. The lowest BCUT2D eigenvalue weighted by Crippen LogP contribution is -2.30. The molecule has 55 heavy (non-hydrogen) atoms. The van der Waals surface area contributed by atoms with Crippen LogP contribution in [0.4, 0.5) is 0 Å². The Morgan fingerprint density at radius 2 is 0.855 bits per heavy atom. The standard InChI is InChI=1S/C46H91NO8/c1-4-7-10-13-14-15-16-22-30-39-54-45(49)31-25-23-27-34-47(35-40-51-41-36-48)33-26-19-17-18-24-32-46(50)55-44(42-52-37-28-20-11-8-5-2)43-53-38-29-21-12-9-6-3/h44,48H,4-43H2,1-3H3. The Balaban J connectivity index is 4.22. The van der Waals surface area contributed by atoms with Crippen molar-refractivity contribution in [2.24, 2.45) is 0 Å². The number of unbranched alkanes of at least 4 members (excludes halogenated alkanes) is 22. The van der Waals surface area contributed by atoms with Crippen LogP contribution in [0.15, 0.2) is 0 Å². The molecule has 0 aliphatic carbocycles. The van der Waals surface area contributed by atoms with Crippen LogP contribution in [0, 0.1) is 0 Å². The molecule has 0 aromatic heterocycles. The molecule has 0 amide bonds. The molecule has 9 heteroatoms. The number of carbonyl (C=O) groups is 2. The van der Waals surface area contributed by atoms with Gasteiger partial charge in [0.15, 0.2) is 0 Å². The van der Waals surface area contributed by atoms with E-state index in [-0.39, 0.29) is 24.6 Å². The van der Waals surface area contributed by atoms with Gasteiger partial charge in [0.1, 0.15) is 6.10 Å². The van der Waals surface area contributed by atoms with Crippen molar-refractivity contribution >= 4 is 11.9 Å². The fourth-order valence-electron chi connectivity index (χ4n) is 6.69. The van der Waals surface area contributed by atoms with Gasteiger partial charge in [-0.3, -0.25) is 9.59 Å². The van der Waals surface area contributed by atoms with Crippen molar-refractivity contribution in [2.75, 3.05) is 72.5 Å². The van der Waals surface area contributed by atoms with E-state index in [4.69, 9.17) is 28.8 Å². The molecule has 0 radical (unpaired) electrons. The Kier molecular flexibility index (Phi) is 44.4. The van der Waals surface area contributed by atoms with E-state index in [0.29, 0.717) is 59.1 Å². The predicted molar refractivity (Wildman–Crippen MR) is 228 cm³/mol. The Hall–Kier alpha value is -1.26. The van der Waals surface area contributed by atoms with Crippen LogP contribution in [0.3, 0.4) is 0 Å². The van der Waals surface area contributed by atoms with E-state index in [1.807, 2.05) is 0 Å². The third-order valence-corrected chi connectivity index (χ3v) is 10.2. The molecular weight excluding hydrogens is 695 g/mol. The highest BCUT2D eigenvalue weighted by Gasteiger charge is 2.15. The molecule has 0 rings (SSSR count). The van der Waals surface area contributed by atoms with E-state index in [9.17, 15) is 9.59 Å². The van der Waals surface area contributed by atoms with E-state index in [0.717, 1.165) is 96.7 Å². The van der Waals surface area contributed by atoms with Gasteiger partial charge in [-0.15, -0.1) is 0 Å². The predicted octanol–water partition coefficient (Wildman–Crippen LogP) is 11.2. The van der Waals surface area contributed by atoms with Crippen molar-refractivity contribution in [1.82, 2.24) is 4.90 Å². The number of carbonyl (C=O) groups excluding carboxylic acids is 2. The van der Waals surface area contributed by atoms with Gasteiger partial charge in [0.05, 0.1) is 39.6 Å². The zero-order valence-corrected chi connectivity index (χ0v) is 36.6. The monoisotopic (exact) mass is 786 g/mol. The van der Waals surface area contributed by atoms with Crippen LogP contribution in [0.25, 0.3) is 0 Å². The number of nitrogens with zero attached hydrogens (tertiary/aromatic N) is 1. The molecule has 0 heterocycles. The van der Waals surface area contributed by atoms with Gasteiger partial charge in [-0.25, -0.2) is 0 Å². The van der Waals surface area contributed by atoms with Crippen molar-refractivity contribution in [1.29, 1.82) is 0 Å². The Labute approximate surface area is 340 Å². The topological polar surface area (TPSA) is 104 Å². The highest BCUT2D eigenvalue weighted by atomic mass is 16.6. The van der Waals surface area contributed by atoms with Gasteiger partial charge in [0, 0.05) is 32.6 Å². The molecule has 0 aromatic rings. The van der Waals surface area contributed by atoms with Crippen LogP contribution >= 0.6 is 0 Å².